The predicted octanol–water partition coefficient (Wildman–Crippen LogP) is 4.49. The summed E-state index contributed by atoms with van der Waals surface area (Å²) in [6.45, 7) is 10.5. The molecule has 1 aromatic rings. The first-order valence-electron chi connectivity index (χ1n) is 6.43. The van der Waals surface area contributed by atoms with Crippen LogP contribution in [0.5, 0.6) is 0 Å². The van der Waals surface area contributed by atoms with Gasteiger partial charge < -0.3 is 5.32 Å². The highest BCUT2D eigenvalue weighted by molar-refractivity contribution is 9.10. The molecular formula is C15H22BrN. The third-order valence-corrected chi connectivity index (χ3v) is 3.58. The molecule has 1 heterocycles. The molecule has 0 spiro atoms. The standard InChI is InChI=1S/C13H16BrN.C2H6/c1-10(12-6-8-15-9-7-12)11-2-4-13(14)5-3-11;1-2/h2-5,12,15H,1,6-9H2;1-2H3. The van der Waals surface area contributed by atoms with Crippen LogP contribution in [0.25, 0.3) is 5.57 Å². The summed E-state index contributed by atoms with van der Waals surface area (Å²) < 4.78 is 1.13. The maximum absolute atomic E-state index is 4.24. The van der Waals surface area contributed by atoms with E-state index in [-0.39, 0.29) is 0 Å². The number of allylic oxidation sites excluding steroid dienone is 1. The van der Waals surface area contributed by atoms with E-state index in [9.17, 15) is 0 Å². The number of benzene rings is 1. The molecule has 0 amide bonds. The zero-order chi connectivity index (χ0) is 12.7. The SMILES string of the molecule is C=C(c1ccc(Br)cc1)C1CCNCC1.CC. The Morgan fingerprint density at radius 2 is 1.71 bits per heavy atom. The van der Waals surface area contributed by atoms with Crippen LogP contribution in [0.1, 0.15) is 32.3 Å². The van der Waals surface area contributed by atoms with Gasteiger partial charge >= 0.3 is 0 Å². The fourth-order valence-corrected chi connectivity index (χ4v) is 2.33. The van der Waals surface area contributed by atoms with Crippen molar-refractivity contribution >= 4 is 21.5 Å². The van der Waals surface area contributed by atoms with Crippen LogP contribution in [0.3, 0.4) is 0 Å². The van der Waals surface area contributed by atoms with Crippen molar-refractivity contribution in [1.82, 2.24) is 5.32 Å². The van der Waals surface area contributed by atoms with Gasteiger partial charge in [0.15, 0.2) is 0 Å². The molecule has 94 valence electrons. The summed E-state index contributed by atoms with van der Waals surface area (Å²) in [5.41, 5.74) is 2.58. The van der Waals surface area contributed by atoms with Gasteiger partial charge in [-0.1, -0.05) is 48.5 Å². The van der Waals surface area contributed by atoms with Crippen LogP contribution in [0.4, 0.5) is 0 Å². The largest absolute Gasteiger partial charge is 0.317 e. The molecule has 1 aromatic carbocycles. The van der Waals surface area contributed by atoms with Crippen LogP contribution in [0.2, 0.25) is 0 Å². The van der Waals surface area contributed by atoms with Gasteiger partial charge in [0.25, 0.3) is 0 Å². The Morgan fingerprint density at radius 1 is 1.18 bits per heavy atom. The normalized spacial score (nSPS) is 15.9. The van der Waals surface area contributed by atoms with Gasteiger partial charge in [-0.3, -0.25) is 0 Å². The molecule has 0 radical (unpaired) electrons. The van der Waals surface area contributed by atoms with Crippen molar-refractivity contribution < 1.29 is 0 Å². The summed E-state index contributed by atoms with van der Waals surface area (Å²) in [7, 11) is 0. The third-order valence-electron chi connectivity index (χ3n) is 3.05. The minimum Gasteiger partial charge on any atom is -0.317 e. The first kappa shape index (κ1) is 14.5. The van der Waals surface area contributed by atoms with Crippen LogP contribution in [0, 0.1) is 5.92 Å². The van der Waals surface area contributed by atoms with Crippen LogP contribution in [-0.2, 0) is 0 Å². The minimum atomic E-state index is 0.660. The Hall–Kier alpha value is -0.600. The molecule has 0 saturated carbocycles. The highest BCUT2D eigenvalue weighted by Gasteiger charge is 2.16. The Morgan fingerprint density at radius 3 is 2.24 bits per heavy atom. The molecule has 1 aliphatic rings. The summed E-state index contributed by atoms with van der Waals surface area (Å²) in [6, 6.07) is 8.46. The van der Waals surface area contributed by atoms with E-state index in [4.69, 9.17) is 0 Å². The monoisotopic (exact) mass is 295 g/mol. The summed E-state index contributed by atoms with van der Waals surface area (Å²) in [4.78, 5) is 0. The Balaban J connectivity index is 0.000000686. The molecule has 1 saturated heterocycles. The van der Waals surface area contributed by atoms with Crippen molar-refractivity contribution in [3.8, 4) is 0 Å². The summed E-state index contributed by atoms with van der Waals surface area (Å²) >= 11 is 3.45. The fraction of sp³-hybridized carbons (Fsp3) is 0.467. The molecule has 1 fully saturated rings. The van der Waals surface area contributed by atoms with Crippen molar-refractivity contribution in [2.24, 2.45) is 5.92 Å². The molecule has 2 rings (SSSR count). The number of piperidine rings is 1. The van der Waals surface area contributed by atoms with Crippen molar-refractivity contribution in [2.75, 3.05) is 13.1 Å². The van der Waals surface area contributed by atoms with Crippen molar-refractivity contribution in [1.29, 1.82) is 0 Å². The molecule has 0 bridgehead atoms. The van der Waals surface area contributed by atoms with Gasteiger partial charge in [0, 0.05) is 4.47 Å². The number of nitrogens with one attached hydrogen (secondary N) is 1. The second-order valence-corrected chi connectivity index (χ2v) is 4.97. The molecule has 17 heavy (non-hydrogen) atoms. The van der Waals surface area contributed by atoms with E-state index in [2.05, 4.69) is 52.1 Å². The van der Waals surface area contributed by atoms with E-state index < -0.39 is 0 Å². The molecule has 0 aliphatic carbocycles. The fourth-order valence-electron chi connectivity index (χ4n) is 2.07. The molecule has 0 aromatic heterocycles. The average Bonchev–Trinajstić information content (AvgIpc) is 2.42. The summed E-state index contributed by atoms with van der Waals surface area (Å²) in [5, 5.41) is 3.38. The predicted molar refractivity (Wildman–Crippen MR) is 80.1 cm³/mol. The number of hydrogen-bond donors (Lipinski definition) is 1. The highest BCUT2D eigenvalue weighted by Crippen LogP contribution is 2.28. The van der Waals surface area contributed by atoms with E-state index in [0.717, 1.165) is 17.6 Å². The zero-order valence-corrected chi connectivity index (χ0v) is 12.4. The lowest BCUT2D eigenvalue weighted by atomic mass is 9.87. The van der Waals surface area contributed by atoms with Crippen LogP contribution in [-0.4, -0.2) is 13.1 Å². The second-order valence-electron chi connectivity index (χ2n) is 4.06. The van der Waals surface area contributed by atoms with Crippen LogP contribution < -0.4 is 5.32 Å². The van der Waals surface area contributed by atoms with E-state index >= 15 is 0 Å². The van der Waals surface area contributed by atoms with E-state index in [1.807, 2.05) is 13.8 Å². The first-order chi connectivity index (χ1) is 8.27. The van der Waals surface area contributed by atoms with Crippen molar-refractivity contribution in [3.63, 3.8) is 0 Å². The van der Waals surface area contributed by atoms with Crippen LogP contribution >= 0.6 is 15.9 Å². The third kappa shape index (κ3) is 4.29. The molecule has 0 unspecified atom stereocenters. The van der Waals surface area contributed by atoms with Gasteiger partial charge in [-0.05, 0) is 55.1 Å². The Bertz CT molecular complexity index is 336. The zero-order valence-electron chi connectivity index (χ0n) is 10.8. The molecular weight excluding hydrogens is 274 g/mol. The maximum Gasteiger partial charge on any atom is 0.0175 e. The summed E-state index contributed by atoms with van der Waals surface area (Å²) in [6.07, 6.45) is 2.43. The van der Waals surface area contributed by atoms with E-state index in [1.54, 1.807) is 0 Å². The van der Waals surface area contributed by atoms with Gasteiger partial charge in [0.05, 0.1) is 0 Å². The van der Waals surface area contributed by atoms with Crippen LogP contribution in [0.15, 0.2) is 35.3 Å². The van der Waals surface area contributed by atoms with Gasteiger partial charge in [0.1, 0.15) is 0 Å². The average molecular weight is 296 g/mol. The molecule has 1 aliphatic heterocycles. The van der Waals surface area contributed by atoms with Gasteiger partial charge in [-0.15, -0.1) is 0 Å². The molecule has 2 heteroatoms. The molecule has 0 atom stereocenters. The van der Waals surface area contributed by atoms with E-state index in [1.165, 1.54) is 24.0 Å². The molecule has 1 N–H and O–H groups in total. The quantitative estimate of drug-likeness (QED) is 0.848. The van der Waals surface area contributed by atoms with Gasteiger partial charge in [-0.2, -0.15) is 0 Å². The number of rotatable bonds is 2. The Labute approximate surface area is 113 Å². The topological polar surface area (TPSA) is 12.0 Å². The van der Waals surface area contributed by atoms with E-state index in [0.29, 0.717) is 5.92 Å². The second kappa shape index (κ2) is 7.67. The number of hydrogen-bond acceptors (Lipinski definition) is 1. The van der Waals surface area contributed by atoms with Gasteiger partial charge in [-0.25, -0.2) is 0 Å². The lowest BCUT2D eigenvalue weighted by Gasteiger charge is -2.24. The van der Waals surface area contributed by atoms with Crippen molar-refractivity contribution in [3.05, 3.63) is 40.9 Å². The maximum atomic E-state index is 4.24. The molecule has 1 nitrogen and oxygen atoms in total. The summed E-state index contributed by atoms with van der Waals surface area (Å²) in [5.74, 6) is 0.660. The Kier molecular flexibility index (Phi) is 6.53. The van der Waals surface area contributed by atoms with Gasteiger partial charge in [0.2, 0.25) is 0 Å². The number of halogens is 1. The lowest BCUT2D eigenvalue weighted by Crippen LogP contribution is -2.28. The minimum absolute atomic E-state index is 0.660. The first-order valence-corrected chi connectivity index (χ1v) is 7.22. The smallest absolute Gasteiger partial charge is 0.0175 e. The highest BCUT2D eigenvalue weighted by atomic mass is 79.9. The van der Waals surface area contributed by atoms with Crippen molar-refractivity contribution in [2.45, 2.75) is 26.7 Å². The lowest BCUT2D eigenvalue weighted by molar-refractivity contribution is 0.447.